The number of thiophene rings is 1. The van der Waals surface area contributed by atoms with E-state index < -0.39 is 0 Å². The van der Waals surface area contributed by atoms with Crippen LogP contribution in [0.3, 0.4) is 0 Å². The smallest absolute Gasteiger partial charge is 0.166 e. The second-order valence-electron chi connectivity index (χ2n) is 14.5. The van der Waals surface area contributed by atoms with Crippen molar-refractivity contribution < 1.29 is 0 Å². The van der Waals surface area contributed by atoms with Gasteiger partial charge in [0.1, 0.15) is 0 Å². The standard InChI is InChI=1S/C53H34N4S/c1-2-34-27-30-47-45(31-34)41-21-9-11-25-46(41)57(47)48-33-37(35-15-5-3-6-16-35)28-29-44(48)53-55-51(36-17-7-4-8-18-36)54-52(56-53)39-20-13-19-38(32-39)40-23-14-24-43-42-22-10-12-26-49(42)58-50(40)43/h2-33H,1H2. The average Bonchev–Trinajstić information content (AvgIpc) is 3.85. The first-order valence-corrected chi connectivity index (χ1v) is 20.2. The number of fused-ring (bicyclic) bond motifs is 6. The van der Waals surface area contributed by atoms with Gasteiger partial charge in [-0.15, -0.1) is 11.3 Å². The molecule has 11 rings (SSSR count). The molecule has 0 N–H and O–H groups in total. The second-order valence-corrected chi connectivity index (χ2v) is 15.5. The van der Waals surface area contributed by atoms with Crippen LogP contribution in [-0.4, -0.2) is 19.5 Å². The van der Waals surface area contributed by atoms with Gasteiger partial charge >= 0.3 is 0 Å². The van der Waals surface area contributed by atoms with E-state index in [0.29, 0.717) is 17.5 Å². The Morgan fingerprint density at radius 3 is 1.88 bits per heavy atom. The van der Waals surface area contributed by atoms with Crippen molar-refractivity contribution in [3.63, 3.8) is 0 Å². The van der Waals surface area contributed by atoms with E-state index in [9.17, 15) is 0 Å². The summed E-state index contributed by atoms with van der Waals surface area (Å²) in [6, 6.07) is 66.4. The van der Waals surface area contributed by atoms with Crippen molar-refractivity contribution in [1.29, 1.82) is 0 Å². The molecule has 0 aliphatic rings. The van der Waals surface area contributed by atoms with Crippen molar-refractivity contribution >= 4 is 59.4 Å². The Balaban J connectivity index is 1.15. The van der Waals surface area contributed by atoms with Crippen LogP contribution in [-0.2, 0) is 0 Å². The minimum absolute atomic E-state index is 0.601. The number of para-hydroxylation sites is 1. The molecule has 0 atom stereocenters. The summed E-state index contributed by atoms with van der Waals surface area (Å²) in [7, 11) is 0. The van der Waals surface area contributed by atoms with E-state index >= 15 is 0 Å². The minimum Gasteiger partial charge on any atom is -0.308 e. The third-order valence-corrected chi connectivity index (χ3v) is 12.2. The molecule has 0 fully saturated rings. The van der Waals surface area contributed by atoms with E-state index in [-0.39, 0.29) is 0 Å². The Morgan fingerprint density at radius 2 is 1.05 bits per heavy atom. The summed E-state index contributed by atoms with van der Waals surface area (Å²) in [4.78, 5) is 15.8. The zero-order valence-electron chi connectivity index (χ0n) is 31.4. The number of aromatic nitrogens is 4. The van der Waals surface area contributed by atoms with E-state index in [1.807, 2.05) is 35.6 Å². The van der Waals surface area contributed by atoms with E-state index in [0.717, 1.165) is 61.1 Å². The minimum atomic E-state index is 0.601. The highest BCUT2D eigenvalue weighted by Gasteiger charge is 2.21. The zero-order chi connectivity index (χ0) is 38.6. The Hall–Kier alpha value is -7.47. The molecule has 3 heterocycles. The molecule has 0 saturated heterocycles. The number of hydrogen-bond donors (Lipinski definition) is 0. The molecule has 0 amide bonds. The summed E-state index contributed by atoms with van der Waals surface area (Å²) < 4.78 is 4.92. The third kappa shape index (κ3) is 5.71. The quantitative estimate of drug-likeness (QED) is 0.163. The van der Waals surface area contributed by atoms with Crippen LogP contribution in [0.15, 0.2) is 195 Å². The maximum atomic E-state index is 5.35. The molecule has 0 aliphatic carbocycles. The van der Waals surface area contributed by atoms with Crippen LogP contribution in [0.5, 0.6) is 0 Å². The van der Waals surface area contributed by atoms with Crippen LogP contribution >= 0.6 is 11.3 Å². The van der Waals surface area contributed by atoms with Crippen LogP contribution in [0.25, 0.3) is 110 Å². The SMILES string of the molecule is C=Cc1ccc2c(c1)c1ccccc1n2-c1cc(-c2ccccc2)ccc1-c1nc(-c2ccccc2)nc(-c2cccc(-c3cccc4c3sc3ccccc34)c2)n1. The number of benzene rings is 8. The van der Waals surface area contributed by atoms with E-state index in [1.165, 1.54) is 31.1 Å². The lowest BCUT2D eigenvalue weighted by Gasteiger charge is -2.16. The molecule has 3 aromatic heterocycles. The molecule has 0 aliphatic heterocycles. The molecule has 4 nitrogen and oxygen atoms in total. The molecular weight excluding hydrogens is 725 g/mol. The first kappa shape index (κ1) is 33.8. The monoisotopic (exact) mass is 758 g/mol. The van der Waals surface area contributed by atoms with Gasteiger partial charge in [-0.2, -0.15) is 0 Å². The summed E-state index contributed by atoms with van der Waals surface area (Å²) in [5.74, 6) is 1.84. The molecule has 0 saturated carbocycles. The van der Waals surface area contributed by atoms with Gasteiger partial charge < -0.3 is 4.57 Å². The third-order valence-electron chi connectivity index (χ3n) is 11.0. The van der Waals surface area contributed by atoms with Gasteiger partial charge in [0.2, 0.25) is 0 Å². The summed E-state index contributed by atoms with van der Waals surface area (Å²) in [6.07, 6.45) is 1.91. The highest BCUT2D eigenvalue weighted by molar-refractivity contribution is 7.26. The van der Waals surface area contributed by atoms with Crippen molar-refractivity contribution in [3.8, 4) is 62.1 Å². The lowest BCUT2D eigenvalue weighted by Crippen LogP contribution is -2.04. The predicted molar refractivity (Wildman–Crippen MR) is 244 cm³/mol. The summed E-state index contributed by atoms with van der Waals surface area (Å²) in [5, 5.41) is 4.89. The Labute approximate surface area is 339 Å². The topological polar surface area (TPSA) is 43.6 Å². The summed E-state index contributed by atoms with van der Waals surface area (Å²) in [5.41, 5.74) is 11.6. The Bertz CT molecular complexity index is 3360. The van der Waals surface area contributed by atoms with Crippen molar-refractivity contribution in [1.82, 2.24) is 19.5 Å². The molecule has 272 valence electrons. The molecule has 0 bridgehead atoms. The number of nitrogens with zero attached hydrogens (tertiary/aromatic N) is 4. The maximum absolute atomic E-state index is 5.35. The molecule has 8 aromatic carbocycles. The van der Waals surface area contributed by atoms with Gasteiger partial charge in [-0.1, -0.05) is 158 Å². The molecule has 0 spiro atoms. The molecular formula is C53H34N4S. The average molecular weight is 759 g/mol. The maximum Gasteiger partial charge on any atom is 0.166 e. The van der Waals surface area contributed by atoms with E-state index in [2.05, 4.69) is 181 Å². The zero-order valence-corrected chi connectivity index (χ0v) is 32.2. The second kappa shape index (κ2) is 13.9. The lowest BCUT2D eigenvalue weighted by atomic mass is 10.00. The van der Waals surface area contributed by atoms with Gasteiger partial charge in [0.05, 0.1) is 16.7 Å². The normalized spacial score (nSPS) is 11.5. The van der Waals surface area contributed by atoms with Crippen LogP contribution in [0.1, 0.15) is 5.56 Å². The molecule has 11 aromatic rings. The van der Waals surface area contributed by atoms with Crippen molar-refractivity contribution in [2.75, 3.05) is 0 Å². The summed E-state index contributed by atoms with van der Waals surface area (Å²) >= 11 is 1.84. The Morgan fingerprint density at radius 1 is 0.414 bits per heavy atom. The highest BCUT2D eigenvalue weighted by atomic mass is 32.1. The van der Waals surface area contributed by atoms with E-state index in [1.54, 1.807) is 0 Å². The lowest BCUT2D eigenvalue weighted by molar-refractivity contribution is 1.06. The fraction of sp³-hybridized carbons (Fsp3) is 0. The van der Waals surface area contributed by atoms with Gasteiger partial charge in [0, 0.05) is 47.6 Å². The summed E-state index contributed by atoms with van der Waals surface area (Å²) in [6.45, 7) is 4.06. The number of hydrogen-bond acceptors (Lipinski definition) is 4. The van der Waals surface area contributed by atoms with Gasteiger partial charge in [0.15, 0.2) is 17.5 Å². The predicted octanol–water partition coefficient (Wildman–Crippen LogP) is 14.3. The largest absolute Gasteiger partial charge is 0.308 e. The fourth-order valence-corrected chi connectivity index (χ4v) is 9.47. The van der Waals surface area contributed by atoms with Gasteiger partial charge in [-0.05, 0) is 70.3 Å². The number of rotatable bonds is 7. The molecule has 5 heteroatoms. The van der Waals surface area contributed by atoms with Crippen molar-refractivity contribution in [2.24, 2.45) is 0 Å². The first-order chi connectivity index (χ1) is 28.7. The van der Waals surface area contributed by atoms with Gasteiger partial charge in [0.25, 0.3) is 0 Å². The van der Waals surface area contributed by atoms with Crippen LogP contribution in [0.2, 0.25) is 0 Å². The highest BCUT2D eigenvalue weighted by Crippen LogP contribution is 2.42. The van der Waals surface area contributed by atoms with Gasteiger partial charge in [-0.25, -0.2) is 15.0 Å². The van der Waals surface area contributed by atoms with Crippen molar-refractivity contribution in [2.45, 2.75) is 0 Å². The van der Waals surface area contributed by atoms with Crippen LogP contribution in [0.4, 0.5) is 0 Å². The first-order valence-electron chi connectivity index (χ1n) is 19.4. The Kier molecular flexibility index (Phi) is 8.12. The van der Waals surface area contributed by atoms with Crippen molar-refractivity contribution in [3.05, 3.63) is 200 Å². The van der Waals surface area contributed by atoms with Crippen LogP contribution < -0.4 is 0 Å². The molecule has 0 unspecified atom stereocenters. The molecule has 58 heavy (non-hydrogen) atoms. The van der Waals surface area contributed by atoms with Crippen LogP contribution in [0, 0.1) is 0 Å². The molecule has 0 radical (unpaired) electrons. The van der Waals surface area contributed by atoms with Gasteiger partial charge in [-0.3, -0.25) is 0 Å². The fourth-order valence-electron chi connectivity index (χ4n) is 8.24. The van der Waals surface area contributed by atoms with E-state index in [4.69, 9.17) is 15.0 Å².